The monoisotopic (exact) mass is 249 g/mol. The maximum absolute atomic E-state index is 11.6. The van der Waals surface area contributed by atoms with Gasteiger partial charge in [-0.3, -0.25) is 9.69 Å². The number of hydrogen-bond donors (Lipinski definition) is 0. The zero-order chi connectivity index (χ0) is 13.1. The normalized spacial score (nSPS) is 16.8. The molecule has 1 heterocycles. The van der Waals surface area contributed by atoms with Crippen LogP contribution in [0, 0.1) is 0 Å². The van der Waals surface area contributed by atoms with Gasteiger partial charge >= 0.3 is 5.97 Å². The Morgan fingerprint density at radius 3 is 2.83 bits per heavy atom. The van der Waals surface area contributed by atoms with E-state index in [1.54, 1.807) is 7.11 Å². The van der Waals surface area contributed by atoms with E-state index in [2.05, 4.69) is 11.0 Å². The molecule has 1 aliphatic rings. The molecule has 0 fully saturated rings. The van der Waals surface area contributed by atoms with E-state index in [0.717, 1.165) is 25.3 Å². The van der Waals surface area contributed by atoms with Crippen LogP contribution < -0.4 is 4.74 Å². The van der Waals surface area contributed by atoms with Crippen LogP contribution in [0.25, 0.3) is 0 Å². The van der Waals surface area contributed by atoms with Crippen molar-refractivity contribution in [3.05, 3.63) is 29.3 Å². The van der Waals surface area contributed by atoms with Crippen molar-refractivity contribution in [2.75, 3.05) is 20.8 Å². The lowest BCUT2D eigenvalue weighted by atomic mass is 9.97. The fraction of sp³-hybridized carbons (Fsp3) is 0.500. The molecule has 0 bridgehead atoms. The van der Waals surface area contributed by atoms with E-state index in [-0.39, 0.29) is 12.0 Å². The molecule has 2 rings (SSSR count). The summed E-state index contributed by atoms with van der Waals surface area (Å²) in [6, 6.07) is 5.87. The highest BCUT2D eigenvalue weighted by atomic mass is 16.5. The van der Waals surface area contributed by atoms with E-state index < -0.39 is 0 Å². The first-order chi connectivity index (χ1) is 8.67. The van der Waals surface area contributed by atoms with Gasteiger partial charge in [0.25, 0.3) is 0 Å². The summed E-state index contributed by atoms with van der Waals surface area (Å²) in [5.41, 5.74) is 2.49. The highest BCUT2D eigenvalue weighted by molar-refractivity contribution is 5.75. The van der Waals surface area contributed by atoms with Crippen molar-refractivity contribution >= 4 is 5.97 Å². The lowest BCUT2D eigenvalue weighted by Crippen LogP contribution is -2.42. The highest BCUT2D eigenvalue weighted by Gasteiger charge is 2.26. The molecular weight excluding hydrogens is 230 g/mol. The van der Waals surface area contributed by atoms with Crippen molar-refractivity contribution < 1.29 is 14.3 Å². The number of carbonyl (C=O) groups excluding carboxylic acids is 1. The van der Waals surface area contributed by atoms with Gasteiger partial charge in [0.15, 0.2) is 0 Å². The molecule has 4 nitrogen and oxygen atoms in total. The summed E-state index contributed by atoms with van der Waals surface area (Å²) >= 11 is 0. The number of methoxy groups -OCH3 is 2. The molecule has 0 aliphatic carbocycles. The minimum atomic E-state index is -0.200. The molecule has 1 aliphatic heterocycles. The van der Waals surface area contributed by atoms with Gasteiger partial charge in [-0.25, -0.2) is 0 Å². The van der Waals surface area contributed by atoms with Crippen LogP contribution in [0.1, 0.15) is 18.1 Å². The van der Waals surface area contributed by atoms with Gasteiger partial charge in [-0.05, 0) is 30.5 Å². The van der Waals surface area contributed by atoms with E-state index in [1.807, 2.05) is 19.1 Å². The lowest BCUT2D eigenvalue weighted by molar-refractivity contribution is -0.146. The topological polar surface area (TPSA) is 38.8 Å². The average molecular weight is 249 g/mol. The fourth-order valence-corrected chi connectivity index (χ4v) is 2.44. The van der Waals surface area contributed by atoms with Gasteiger partial charge in [0.2, 0.25) is 0 Å². The number of benzene rings is 1. The number of hydrogen-bond acceptors (Lipinski definition) is 4. The second kappa shape index (κ2) is 5.40. The van der Waals surface area contributed by atoms with Crippen LogP contribution in [0.15, 0.2) is 18.2 Å². The van der Waals surface area contributed by atoms with Crippen molar-refractivity contribution in [3.8, 4) is 5.75 Å². The van der Waals surface area contributed by atoms with Crippen molar-refractivity contribution in [1.82, 2.24) is 4.90 Å². The second-order valence-electron chi connectivity index (χ2n) is 4.52. The zero-order valence-corrected chi connectivity index (χ0v) is 11.1. The molecule has 0 saturated heterocycles. The molecule has 0 amide bonds. The third-order valence-electron chi connectivity index (χ3n) is 3.56. The molecule has 18 heavy (non-hydrogen) atoms. The van der Waals surface area contributed by atoms with Crippen molar-refractivity contribution in [1.29, 1.82) is 0 Å². The minimum Gasteiger partial charge on any atom is -0.496 e. The van der Waals surface area contributed by atoms with E-state index >= 15 is 0 Å². The van der Waals surface area contributed by atoms with Gasteiger partial charge in [0, 0.05) is 13.1 Å². The van der Waals surface area contributed by atoms with E-state index in [4.69, 9.17) is 9.47 Å². The van der Waals surface area contributed by atoms with Gasteiger partial charge < -0.3 is 9.47 Å². The summed E-state index contributed by atoms with van der Waals surface area (Å²) in [5, 5.41) is 0. The molecule has 1 aromatic rings. The summed E-state index contributed by atoms with van der Waals surface area (Å²) in [6.45, 7) is 3.50. The Morgan fingerprint density at radius 2 is 2.17 bits per heavy atom. The molecule has 0 saturated carbocycles. The largest absolute Gasteiger partial charge is 0.496 e. The molecular formula is C14H19NO3. The summed E-state index contributed by atoms with van der Waals surface area (Å²) in [4.78, 5) is 13.7. The predicted molar refractivity (Wildman–Crippen MR) is 68.6 cm³/mol. The van der Waals surface area contributed by atoms with Gasteiger partial charge in [-0.1, -0.05) is 12.1 Å². The second-order valence-corrected chi connectivity index (χ2v) is 4.52. The molecule has 1 atom stereocenters. The Labute approximate surface area is 107 Å². The third-order valence-corrected chi connectivity index (χ3v) is 3.56. The fourth-order valence-electron chi connectivity index (χ4n) is 2.44. The van der Waals surface area contributed by atoms with Crippen LogP contribution in [-0.2, 0) is 22.5 Å². The molecule has 1 aromatic carbocycles. The van der Waals surface area contributed by atoms with Crippen LogP contribution in [0.2, 0.25) is 0 Å². The summed E-state index contributed by atoms with van der Waals surface area (Å²) in [7, 11) is 3.12. The SMILES string of the molecule is COC(=O)C(C)N1CCc2c(cccc2OC)C1. The summed E-state index contributed by atoms with van der Waals surface area (Å²) < 4.78 is 10.2. The van der Waals surface area contributed by atoms with Gasteiger partial charge in [-0.2, -0.15) is 0 Å². The molecule has 0 spiro atoms. The van der Waals surface area contributed by atoms with Gasteiger partial charge in [-0.15, -0.1) is 0 Å². The maximum atomic E-state index is 11.6. The first-order valence-electron chi connectivity index (χ1n) is 6.14. The van der Waals surface area contributed by atoms with Crippen LogP contribution in [0.5, 0.6) is 5.75 Å². The smallest absolute Gasteiger partial charge is 0.322 e. The number of carbonyl (C=O) groups is 1. The van der Waals surface area contributed by atoms with Gasteiger partial charge in [0.05, 0.1) is 14.2 Å². The highest BCUT2D eigenvalue weighted by Crippen LogP contribution is 2.28. The van der Waals surface area contributed by atoms with E-state index in [1.165, 1.54) is 18.2 Å². The number of ether oxygens (including phenoxy) is 2. The molecule has 0 radical (unpaired) electrons. The quantitative estimate of drug-likeness (QED) is 0.763. The van der Waals surface area contributed by atoms with E-state index in [0.29, 0.717) is 0 Å². The Balaban J connectivity index is 2.18. The molecule has 1 unspecified atom stereocenters. The van der Waals surface area contributed by atoms with E-state index in [9.17, 15) is 4.79 Å². The number of fused-ring (bicyclic) bond motifs is 1. The molecule has 0 aromatic heterocycles. The maximum Gasteiger partial charge on any atom is 0.322 e. The lowest BCUT2D eigenvalue weighted by Gasteiger charge is -2.32. The number of esters is 1. The Bertz CT molecular complexity index is 445. The average Bonchev–Trinajstić information content (AvgIpc) is 2.44. The van der Waals surface area contributed by atoms with Crippen molar-refractivity contribution in [3.63, 3.8) is 0 Å². The summed E-state index contributed by atoms with van der Waals surface area (Å²) in [6.07, 6.45) is 0.903. The van der Waals surface area contributed by atoms with Crippen LogP contribution in [0.4, 0.5) is 0 Å². The Hall–Kier alpha value is -1.55. The Morgan fingerprint density at radius 1 is 1.39 bits per heavy atom. The molecule has 4 heteroatoms. The summed E-state index contributed by atoms with van der Waals surface area (Å²) in [5.74, 6) is 0.763. The van der Waals surface area contributed by atoms with Crippen molar-refractivity contribution in [2.45, 2.75) is 25.9 Å². The first kappa shape index (κ1) is 12.9. The van der Waals surface area contributed by atoms with Crippen molar-refractivity contribution in [2.24, 2.45) is 0 Å². The Kier molecular flexibility index (Phi) is 3.87. The standard InChI is InChI=1S/C14H19NO3/c1-10(14(16)18-3)15-8-7-12-11(9-15)5-4-6-13(12)17-2/h4-6,10H,7-9H2,1-3H3. The van der Waals surface area contributed by atoms with Gasteiger partial charge in [0.1, 0.15) is 11.8 Å². The van der Waals surface area contributed by atoms with Crippen LogP contribution in [-0.4, -0.2) is 37.7 Å². The molecule has 0 N–H and O–H groups in total. The molecule has 98 valence electrons. The predicted octanol–water partition coefficient (Wildman–Crippen LogP) is 1.61. The minimum absolute atomic E-state index is 0.179. The van der Waals surface area contributed by atoms with Crippen LogP contribution in [0.3, 0.4) is 0 Å². The number of rotatable bonds is 3. The third kappa shape index (κ3) is 2.34. The zero-order valence-electron chi connectivity index (χ0n) is 11.1. The first-order valence-corrected chi connectivity index (χ1v) is 6.14. The number of nitrogens with zero attached hydrogens (tertiary/aromatic N) is 1. The van der Waals surface area contributed by atoms with Crippen LogP contribution >= 0.6 is 0 Å².